The fourth-order valence-electron chi connectivity index (χ4n) is 2.53. The number of rotatable bonds is 5. The van der Waals surface area contributed by atoms with Crippen molar-refractivity contribution in [2.75, 3.05) is 26.2 Å². The van der Waals surface area contributed by atoms with Gasteiger partial charge in [0, 0.05) is 18.0 Å². The minimum Gasteiger partial charge on any atom is -0.338 e. The molecule has 1 aliphatic heterocycles. The molecule has 1 aromatic rings. The van der Waals surface area contributed by atoms with Gasteiger partial charge in [-0.15, -0.1) is 11.3 Å². The van der Waals surface area contributed by atoms with Crippen molar-refractivity contribution < 1.29 is 4.79 Å². The fourth-order valence-corrected chi connectivity index (χ4v) is 3.44. The van der Waals surface area contributed by atoms with E-state index in [4.69, 9.17) is 0 Å². The van der Waals surface area contributed by atoms with Crippen LogP contribution in [0.5, 0.6) is 0 Å². The molecule has 1 amide bonds. The molecule has 1 aromatic heterocycles. The van der Waals surface area contributed by atoms with Gasteiger partial charge in [-0.3, -0.25) is 4.79 Å². The monoisotopic (exact) mass is 280 g/mol. The van der Waals surface area contributed by atoms with Crippen LogP contribution in [0.15, 0.2) is 12.1 Å². The summed E-state index contributed by atoms with van der Waals surface area (Å²) >= 11 is 1.65. The van der Waals surface area contributed by atoms with E-state index in [0.717, 1.165) is 56.2 Å². The summed E-state index contributed by atoms with van der Waals surface area (Å²) in [4.78, 5) is 16.6. The number of amides is 1. The lowest BCUT2D eigenvalue weighted by atomic mass is 9.96. The molecule has 4 heteroatoms. The maximum Gasteiger partial charge on any atom is 0.263 e. The molecule has 19 heavy (non-hydrogen) atoms. The van der Waals surface area contributed by atoms with Crippen molar-refractivity contribution in [2.24, 2.45) is 5.92 Å². The van der Waals surface area contributed by atoms with E-state index >= 15 is 0 Å². The second kappa shape index (κ2) is 7.06. The number of nitrogens with one attached hydrogen (secondary N) is 1. The van der Waals surface area contributed by atoms with Crippen LogP contribution in [0.1, 0.15) is 41.2 Å². The molecule has 0 saturated carbocycles. The molecular weight excluding hydrogens is 256 g/mol. The van der Waals surface area contributed by atoms with Gasteiger partial charge in [0.2, 0.25) is 0 Å². The minimum absolute atomic E-state index is 0.228. The van der Waals surface area contributed by atoms with Gasteiger partial charge in [-0.1, -0.05) is 13.8 Å². The third-order valence-electron chi connectivity index (χ3n) is 3.81. The first-order valence-electron chi connectivity index (χ1n) is 7.33. The highest BCUT2D eigenvalue weighted by Gasteiger charge is 2.24. The first-order chi connectivity index (χ1) is 9.24. The summed E-state index contributed by atoms with van der Waals surface area (Å²) in [6.07, 6.45) is 3.28. The lowest BCUT2D eigenvalue weighted by Gasteiger charge is -2.31. The predicted molar refractivity (Wildman–Crippen MR) is 80.9 cm³/mol. The summed E-state index contributed by atoms with van der Waals surface area (Å²) in [6, 6.07) is 4.06. The summed E-state index contributed by atoms with van der Waals surface area (Å²) in [5, 5.41) is 3.40. The van der Waals surface area contributed by atoms with Crippen molar-refractivity contribution >= 4 is 17.2 Å². The Labute approximate surface area is 120 Å². The van der Waals surface area contributed by atoms with Crippen molar-refractivity contribution in [1.29, 1.82) is 0 Å². The molecule has 0 radical (unpaired) electrons. The zero-order valence-electron chi connectivity index (χ0n) is 11.9. The van der Waals surface area contributed by atoms with Crippen molar-refractivity contribution in [2.45, 2.75) is 33.1 Å². The minimum atomic E-state index is 0.228. The van der Waals surface area contributed by atoms with Gasteiger partial charge in [0.05, 0.1) is 4.88 Å². The number of thiophene rings is 1. The van der Waals surface area contributed by atoms with Gasteiger partial charge < -0.3 is 10.2 Å². The number of hydrogen-bond donors (Lipinski definition) is 1. The maximum atomic E-state index is 12.4. The molecule has 106 valence electrons. The van der Waals surface area contributed by atoms with Crippen LogP contribution in [0.4, 0.5) is 0 Å². The van der Waals surface area contributed by atoms with E-state index in [1.54, 1.807) is 11.3 Å². The first-order valence-corrected chi connectivity index (χ1v) is 8.15. The summed E-state index contributed by atoms with van der Waals surface area (Å²) < 4.78 is 0. The van der Waals surface area contributed by atoms with Crippen molar-refractivity contribution in [1.82, 2.24) is 10.2 Å². The zero-order chi connectivity index (χ0) is 13.7. The highest BCUT2D eigenvalue weighted by atomic mass is 32.1. The van der Waals surface area contributed by atoms with Crippen LogP contribution in [0, 0.1) is 5.92 Å². The molecule has 0 atom stereocenters. The largest absolute Gasteiger partial charge is 0.338 e. The molecule has 1 N–H and O–H groups in total. The van der Waals surface area contributed by atoms with Crippen LogP contribution in [0.3, 0.4) is 0 Å². The number of likely N-dealkylation sites (tertiary alicyclic amines) is 1. The van der Waals surface area contributed by atoms with Crippen LogP contribution >= 0.6 is 11.3 Å². The van der Waals surface area contributed by atoms with Gasteiger partial charge >= 0.3 is 0 Å². The third-order valence-corrected chi connectivity index (χ3v) is 5.02. The lowest BCUT2D eigenvalue weighted by Crippen LogP contribution is -2.40. The molecule has 1 fully saturated rings. The number of nitrogens with zero attached hydrogens (tertiary/aromatic N) is 1. The Balaban J connectivity index is 1.85. The smallest absolute Gasteiger partial charge is 0.263 e. The fraction of sp³-hybridized carbons (Fsp3) is 0.667. The molecule has 3 nitrogen and oxygen atoms in total. The van der Waals surface area contributed by atoms with Gasteiger partial charge in [-0.25, -0.2) is 0 Å². The Kier molecular flexibility index (Phi) is 5.40. The quantitative estimate of drug-likeness (QED) is 0.899. The van der Waals surface area contributed by atoms with E-state index in [9.17, 15) is 4.79 Å². The van der Waals surface area contributed by atoms with E-state index < -0.39 is 0 Å². The molecule has 0 bridgehead atoms. The summed E-state index contributed by atoms with van der Waals surface area (Å²) in [5.74, 6) is 0.963. The third kappa shape index (κ3) is 3.80. The zero-order valence-corrected chi connectivity index (χ0v) is 12.8. The Morgan fingerprint density at radius 3 is 2.68 bits per heavy atom. The van der Waals surface area contributed by atoms with Crippen molar-refractivity contribution in [3.63, 3.8) is 0 Å². The summed E-state index contributed by atoms with van der Waals surface area (Å²) in [5.41, 5.74) is 0. The van der Waals surface area contributed by atoms with Crippen molar-refractivity contribution in [3.05, 3.63) is 21.9 Å². The molecule has 2 rings (SSSR count). The molecule has 0 spiro atoms. The highest BCUT2D eigenvalue weighted by molar-refractivity contribution is 7.14. The Bertz CT molecular complexity index is 408. The molecule has 2 heterocycles. The van der Waals surface area contributed by atoms with Crippen LogP contribution in [-0.2, 0) is 6.42 Å². The average Bonchev–Trinajstić information content (AvgIpc) is 2.94. The van der Waals surface area contributed by atoms with Crippen molar-refractivity contribution in [3.8, 4) is 0 Å². The molecule has 1 saturated heterocycles. The maximum absolute atomic E-state index is 12.4. The predicted octanol–water partition coefficient (Wildman–Crippen LogP) is 2.77. The van der Waals surface area contributed by atoms with Gasteiger partial charge in [0.25, 0.3) is 5.91 Å². The van der Waals surface area contributed by atoms with Gasteiger partial charge in [0.1, 0.15) is 0 Å². The van der Waals surface area contributed by atoms with Gasteiger partial charge in [-0.2, -0.15) is 0 Å². The van der Waals surface area contributed by atoms with Gasteiger partial charge in [-0.05, 0) is 50.4 Å². The number of aryl methyl sites for hydroxylation is 1. The Hall–Kier alpha value is -0.870. The summed E-state index contributed by atoms with van der Waals surface area (Å²) in [7, 11) is 0. The molecule has 0 aromatic carbocycles. The standard InChI is InChI=1S/C15H24N2OS/c1-3-13-5-6-14(19-13)15(18)17-9-7-12(8-10-17)11-16-4-2/h5-6,12,16H,3-4,7-11H2,1-2H3. The van der Waals surface area contributed by atoms with E-state index in [-0.39, 0.29) is 5.91 Å². The molecule has 0 aliphatic carbocycles. The highest BCUT2D eigenvalue weighted by Crippen LogP contribution is 2.22. The van der Waals surface area contributed by atoms with Crippen LogP contribution in [0.2, 0.25) is 0 Å². The number of carbonyl (C=O) groups excluding carboxylic acids is 1. The van der Waals surface area contributed by atoms with Crippen LogP contribution in [-0.4, -0.2) is 37.0 Å². The molecular formula is C15H24N2OS. The van der Waals surface area contributed by atoms with E-state index in [1.807, 2.05) is 11.0 Å². The number of carbonyl (C=O) groups is 1. The second-order valence-electron chi connectivity index (χ2n) is 5.16. The average molecular weight is 280 g/mol. The Morgan fingerprint density at radius 1 is 1.37 bits per heavy atom. The molecule has 0 unspecified atom stereocenters. The van der Waals surface area contributed by atoms with E-state index in [2.05, 4.69) is 25.2 Å². The summed E-state index contributed by atoms with van der Waals surface area (Å²) in [6.45, 7) is 8.22. The molecule has 1 aliphatic rings. The van der Waals surface area contributed by atoms with Crippen LogP contribution < -0.4 is 5.32 Å². The van der Waals surface area contributed by atoms with E-state index in [1.165, 1.54) is 4.88 Å². The Morgan fingerprint density at radius 2 is 2.11 bits per heavy atom. The van der Waals surface area contributed by atoms with Crippen LogP contribution in [0.25, 0.3) is 0 Å². The normalized spacial score (nSPS) is 16.8. The number of piperidine rings is 1. The number of hydrogen-bond acceptors (Lipinski definition) is 3. The SMILES string of the molecule is CCNCC1CCN(C(=O)c2ccc(CC)s2)CC1. The second-order valence-corrected chi connectivity index (χ2v) is 6.33. The lowest BCUT2D eigenvalue weighted by molar-refractivity contribution is 0.0695. The topological polar surface area (TPSA) is 32.3 Å². The van der Waals surface area contributed by atoms with E-state index in [0.29, 0.717) is 0 Å². The van der Waals surface area contributed by atoms with Gasteiger partial charge in [0.15, 0.2) is 0 Å². The first kappa shape index (κ1) is 14.5.